The van der Waals surface area contributed by atoms with Crippen LogP contribution >= 0.6 is 11.3 Å². The molecule has 4 rings (SSSR count). The van der Waals surface area contributed by atoms with Crippen LogP contribution in [-0.4, -0.2) is 14.5 Å². The highest BCUT2D eigenvalue weighted by atomic mass is 32.1. The van der Waals surface area contributed by atoms with Gasteiger partial charge in [-0.1, -0.05) is 24.3 Å². The number of nitrogens with zero attached hydrogens (tertiary/aromatic N) is 4. The molecular formula is C20H14N4O2S. The molecule has 3 heterocycles. The van der Waals surface area contributed by atoms with Crippen molar-refractivity contribution in [2.24, 2.45) is 4.99 Å². The molecule has 0 amide bonds. The number of thiophene rings is 1. The Morgan fingerprint density at radius 2 is 1.85 bits per heavy atom. The van der Waals surface area contributed by atoms with Crippen molar-refractivity contribution >= 4 is 27.2 Å². The Morgan fingerprint density at radius 3 is 2.59 bits per heavy atom. The standard InChI is InChI=1S/C20H14N4O2S/c1-13-6-5-9-17(24(13)26)22-19-15-10-11-18(25)23(14-7-3-2-4-8-14)20(15)27-16(19)12-21/h2-11,26H,1H3. The number of hydrogen-bond acceptors (Lipinski definition) is 5. The van der Waals surface area contributed by atoms with Gasteiger partial charge >= 0.3 is 0 Å². The second-order valence-electron chi connectivity index (χ2n) is 5.90. The van der Waals surface area contributed by atoms with Gasteiger partial charge in [0.05, 0.1) is 11.4 Å². The minimum atomic E-state index is -0.182. The molecule has 0 saturated heterocycles. The molecule has 0 radical (unpaired) electrons. The van der Waals surface area contributed by atoms with Gasteiger partial charge in [0.2, 0.25) is 0 Å². The molecule has 6 nitrogen and oxygen atoms in total. The Hall–Kier alpha value is -3.63. The van der Waals surface area contributed by atoms with E-state index in [4.69, 9.17) is 0 Å². The van der Waals surface area contributed by atoms with Gasteiger partial charge in [0.25, 0.3) is 5.56 Å². The Kier molecular flexibility index (Phi) is 4.11. The minimum Gasteiger partial charge on any atom is -0.427 e. The highest BCUT2D eigenvalue weighted by Gasteiger charge is 2.16. The van der Waals surface area contributed by atoms with Crippen LogP contribution in [0.25, 0.3) is 15.9 Å². The summed E-state index contributed by atoms with van der Waals surface area (Å²) in [6.07, 6.45) is 0. The van der Waals surface area contributed by atoms with E-state index in [1.807, 2.05) is 30.3 Å². The fourth-order valence-corrected chi connectivity index (χ4v) is 3.92. The van der Waals surface area contributed by atoms with E-state index in [1.165, 1.54) is 17.4 Å². The lowest BCUT2D eigenvalue weighted by Crippen LogP contribution is -2.19. The fraction of sp³-hybridized carbons (Fsp3) is 0.0500. The number of aryl methyl sites for hydroxylation is 1. The number of para-hydroxylation sites is 1. The number of aromatic nitrogens is 2. The van der Waals surface area contributed by atoms with Gasteiger partial charge < -0.3 is 5.21 Å². The lowest BCUT2D eigenvalue weighted by molar-refractivity contribution is 0.165. The van der Waals surface area contributed by atoms with E-state index >= 15 is 0 Å². The molecule has 0 spiro atoms. The highest BCUT2D eigenvalue weighted by Crippen LogP contribution is 2.37. The van der Waals surface area contributed by atoms with Gasteiger partial charge in [0, 0.05) is 11.5 Å². The van der Waals surface area contributed by atoms with Crippen LogP contribution in [-0.2, 0) is 0 Å². The predicted molar refractivity (Wildman–Crippen MR) is 104 cm³/mol. The summed E-state index contributed by atoms with van der Waals surface area (Å²) in [5.41, 5.74) is 1.91. The van der Waals surface area contributed by atoms with E-state index in [1.54, 1.807) is 35.8 Å². The summed E-state index contributed by atoms with van der Waals surface area (Å²) in [5.74, 6) is 0. The molecule has 0 unspecified atom stereocenters. The fourth-order valence-electron chi connectivity index (χ4n) is 2.87. The molecular weight excluding hydrogens is 360 g/mol. The molecule has 0 aliphatic heterocycles. The Bertz CT molecular complexity index is 1320. The first-order chi connectivity index (χ1) is 13.1. The molecule has 0 atom stereocenters. The van der Waals surface area contributed by atoms with Crippen LogP contribution in [0.1, 0.15) is 10.6 Å². The molecule has 0 aliphatic rings. The maximum atomic E-state index is 12.5. The third-order valence-electron chi connectivity index (χ3n) is 4.19. The van der Waals surface area contributed by atoms with Crippen molar-refractivity contribution in [1.82, 2.24) is 9.30 Å². The summed E-state index contributed by atoms with van der Waals surface area (Å²) in [6.45, 7) is 1.75. The van der Waals surface area contributed by atoms with Crippen LogP contribution < -0.4 is 11.0 Å². The summed E-state index contributed by atoms with van der Waals surface area (Å²) in [7, 11) is 0. The van der Waals surface area contributed by atoms with Gasteiger partial charge in [-0.3, -0.25) is 9.36 Å². The van der Waals surface area contributed by atoms with Gasteiger partial charge in [0.15, 0.2) is 5.49 Å². The monoisotopic (exact) mass is 374 g/mol. The van der Waals surface area contributed by atoms with Crippen LogP contribution in [0.5, 0.6) is 0 Å². The molecule has 7 heteroatoms. The van der Waals surface area contributed by atoms with Gasteiger partial charge in [-0.2, -0.15) is 9.99 Å². The normalized spacial score (nSPS) is 11.6. The van der Waals surface area contributed by atoms with Crippen molar-refractivity contribution < 1.29 is 5.21 Å². The third kappa shape index (κ3) is 2.82. The smallest absolute Gasteiger partial charge is 0.256 e. The van der Waals surface area contributed by atoms with Gasteiger partial charge in [-0.25, -0.2) is 4.99 Å². The molecule has 1 N–H and O–H groups in total. The first-order valence-corrected chi connectivity index (χ1v) is 8.98. The summed E-state index contributed by atoms with van der Waals surface area (Å²) in [6, 6.07) is 19.7. The number of fused-ring (bicyclic) bond motifs is 1. The quantitative estimate of drug-likeness (QED) is 0.545. The molecule has 4 aromatic rings. The summed E-state index contributed by atoms with van der Waals surface area (Å²) < 4.78 is 2.54. The van der Waals surface area contributed by atoms with Crippen LogP contribution in [0.3, 0.4) is 0 Å². The van der Waals surface area contributed by atoms with Crippen molar-refractivity contribution in [2.45, 2.75) is 6.92 Å². The highest BCUT2D eigenvalue weighted by molar-refractivity contribution is 7.19. The Morgan fingerprint density at radius 1 is 1.07 bits per heavy atom. The van der Waals surface area contributed by atoms with Gasteiger partial charge in [0.1, 0.15) is 21.5 Å². The molecule has 0 saturated carbocycles. The zero-order chi connectivity index (χ0) is 19.0. The summed E-state index contributed by atoms with van der Waals surface area (Å²) in [5, 5.41) is 20.5. The lowest BCUT2D eigenvalue weighted by atomic mass is 10.2. The second kappa shape index (κ2) is 6.59. The van der Waals surface area contributed by atoms with E-state index in [0.717, 1.165) is 10.4 Å². The predicted octanol–water partition coefficient (Wildman–Crippen LogP) is 3.50. The van der Waals surface area contributed by atoms with Crippen LogP contribution in [0.4, 0.5) is 5.69 Å². The van der Waals surface area contributed by atoms with Gasteiger partial charge in [-0.05, 0) is 37.3 Å². The molecule has 0 aliphatic carbocycles. The Balaban J connectivity index is 2.08. The third-order valence-corrected chi connectivity index (χ3v) is 5.28. The molecule has 27 heavy (non-hydrogen) atoms. The van der Waals surface area contributed by atoms with E-state index in [9.17, 15) is 15.3 Å². The van der Waals surface area contributed by atoms with E-state index in [-0.39, 0.29) is 5.56 Å². The molecule has 1 aromatic carbocycles. The zero-order valence-corrected chi connectivity index (χ0v) is 15.1. The first kappa shape index (κ1) is 16.8. The average molecular weight is 374 g/mol. The molecule has 0 bridgehead atoms. The lowest BCUT2D eigenvalue weighted by Gasteiger charge is -2.06. The zero-order valence-electron chi connectivity index (χ0n) is 14.3. The van der Waals surface area contributed by atoms with Crippen LogP contribution in [0.2, 0.25) is 0 Å². The SMILES string of the molecule is Cc1cccc(=Nc2c(C#N)sc3c2ccc(=O)n3-c2ccccc2)n1O. The number of nitriles is 1. The van der Waals surface area contributed by atoms with Crippen LogP contribution in [0.15, 0.2) is 70.5 Å². The van der Waals surface area contributed by atoms with Gasteiger partial charge in [-0.15, -0.1) is 11.3 Å². The minimum absolute atomic E-state index is 0.182. The topological polar surface area (TPSA) is 83.3 Å². The van der Waals surface area contributed by atoms with Crippen molar-refractivity contribution in [1.29, 1.82) is 5.26 Å². The summed E-state index contributed by atoms with van der Waals surface area (Å²) in [4.78, 5) is 18.0. The van der Waals surface area contributed by atoms with Crippen molar-refractivity contribution in [3.05, 3.63) is 87.1 Å². The van der Waals surface area contributed by atoms with Crippen molar-refractivity contribution in [2.75, 3.05) is 0 Å². The molecule has 0 fully saturated rings. The number of benzene rings is 1. The van der Waals surface area contributed by atoms with Crippen LogP contribution in [0, 0.1) is 18.3 Å². The maximum Gasteiger partial charge on any atom is 0.256 e. The van der Waals surface area contributed by atoms with E-state index in [2.05, 4.69) is 11.1 Å². The molecule has 132 valence electrons. The summed E-state index contributed by atoms with van der Waals surface area (Å²) >= 11 is 1.21. The number of rotatable bonds is 2. The average Bonchev–Trinajstić information content (AvgIpc) is 3.03. The van der Waals surface area contributed by atoms with Crippen molar-refractivity contribution in [3.63, 3.8) is 0 Å². The molecule has 3 aromatic heterocycles. The second-order valence-corrected chi connectivity index (χ2v) is 6.90. The maximum absolute atomic E-state index is 12.5. The number of pyridine rings is 2. The van der Waals surface area contributed by atoms with E-state index in [0.29, 0.717) is 32.0 Å². The largest absolute Gasteiger partial charge is 0.427 e. The Labute approximate surface area is 158 Å². The van der Waals surface area contributed by atoms with E-state index < -0.39 is 0 Å². The first-order valence-electron chi connectivity index (χ1n) is 8.17. The number of hydrogen-bond donors (Lipinski definition) is 1. The van der Waals surface area contributed by atoms with Crippen molar-refractivity contribution in [3.8, 4) is 11.8 Å².